The highest BCUT2D eigenvalue weighted by molar-refractivity contribution is 6.31. The molecule has 1 aliphatic rings. The van der Waals surface area contributed by atoms with Crippen LogP contribution in [0, 0.1) is 0 Å². The van der Waals surface area contributed by atoms with Gasteiger partial charge in [0.2, 0.25) is 5.88 Å². The normalized spacial score (nSPS) is 25.4. The van der Waals surface area contributed by atoms with Gasteiger partial charge in [-0.1, -0.05) is 18.0 Å². The van der Waals surface area contributed by atoms with Gasteiger partial charge in [-0.25, -0.2) is 9.97 Å². The van der Waals surface area contributed by atoms with Crippen molar-refractivity contribution in [2.45, 2.75) is 37.8 Å². The lowest BCUT2D eigenvalue weighted by Crippen LogP contribution is -2.43. The highest BCUT2D eigenvalue weighted by Gasteiger charge is 2.26. The number of halogens is 1. The lowest BCUT2D eigenvalue weighted by atomic mass is 9.92. The molecule has 2 rings (SSSR count). The van der Waals surface area contributed by atoms with Crippen molar-refractivity contribution < 1.29 is 4.74 Å². The van der Waals surface area contributed by atoms with Gasteiger partial charge in [0.05, 0.1) is 6.20 Å². The van der Waals surface area contributed by atoms with Gasteiger partial charge in [0.15, 0.2) is 0 Å². The van der Waals surface area contributed by atoms with Gasteiger partial charge in [-0.05, 0) is 26.3 Å². The monoisotopic (exact) mass is 241 g/mol. The van der Waals surface area contributed by atoms with Crippen LogP contribution >= 0.6 is 11.6 Å². The fourth-order valence-corrected chi connectivity index (χ4v) is 2.25. The zero-order valence-electron chi connectivity index (χ0n) is 9.32. The molecule has 1 aliphatic carbocycles. The van der Waals surface area contributed by atoms with Gasteiger partial charge in [-0.2, -0.15) is 0 Å². The molecule has 88 valence electrons. The van der Waals surface area contributed by atoms with Crippen LogP contribution in [0.1, 0.15) is 25.7 Å². The molecule has 2 unspecified atom stereocenters. The third kappa shape index (κ3) is 2.62. The van der Waals surface area contributed by atoms with E-state index in [1.807, 2.05) is 7.05 Å². The maximum atomic E-state index is 5.96. The minimum absolute atomic E-state index is 0.158. The molecule has 0 amide bonds. The summed E-state index contributed by atoms with van der Waals surface area (Å²) in [4.78, 5) is 7.89. The molecule has 1 fully saturated rings. The Bertz CT molecular complexity index is 348. The molecule has 1 aromatic rings. The Morgan fingerprint density at radius 1 is 1.44 bits per heavy atom. The largest absolute Gasteiger partial charge is 0.472 e. The third-order valence-corrected chi connectivity index (χ3v) is 3.23. The van der Waals surface area contributed by atoms with Crippen LogP contribution in [-0.2, 0) is 0 Å². The Labute approximate surface area is 100 Å². The lowest BCUT2D eigenvalue weighted by molar-refractivity contribution is 0.113. The number of hydrogen-bond acceptors (Lipinski definition) is 4. The van der Waals surface area contributed by atoms with E-state index in [4.69, 9.17) is 16.3 Å². The van der Waals surface area contributed by atoms with Crippen LogP contribution in [0.15, 0.2) is 12.5 Å². The molecule has 1 saturated carbocycles. The standard InChI is InChI=1S/C11H16ClN3O/c1-13-9-4-2-3-5-10(9)16-11-8(12)6-14-7-15-11/h6-7,9-10,13H,2-5H2,1H3. The summed E-state index contributed by atoms with van der Waals surface area (Å²) in [5.74, 6) is 0.490. The number of hydrogen-bond donors (Lipinski definition) is 1. The van der Waals surface area contributed by atoms with Gasteiger partial charge in [0, 0.05) is 6.04 Å². The molecular weight excluding hydrogens is 226 g/mol. The summed E-state index contributed by atoms with van der Waals surface area (Å²) in [6, 6.07) is 0.389. The molecule has 0 bridgehead atoms. The van der Waals surface area contributed by atoms with E-state index < -0.39 is 0 Å². The van der Waals surface area contributed by atoms with Crippen LogP contribution in [0.3, 0.4) is 0 Å². The minimum Gasteiger partial charge on any atom is -0.472 e. The Balaban J connectivity index is 2.05. The first-order valence-electron chi connectivity index (χ1n) is 5.60. The van der Waals surface area contributed by atoms with E-state index in [1.54, 1.807) is 6.20 Å². The molecule has 2 atom stereocenters. The van der Waals surface area contributed by atoms with Crippen molar-refractivity contribution in [1.82, 2.24) is 15.3 Å². The molecule has 1 N–H and O–H groups in total. The van der Waals surface area contributed by atoms with Crippen molar-refractivity contribution in [3.05, 3.63) is 17.5 Å². The lowest BCUT2D eigenvalue weighted by Gasteiger charge is -2.31. The Morgan fingerprint density at radius 2 is 2.25 bits per heavy atom. The molecule has 0 spiro atoms. The highest BCUT2D eigenvalue weighted by Crippen LogP contribution is 2.26. The van der Waals surface area contributed by atoms with Crippen LogP contribution in [0.25, 0.3) is 0 Å². The number of nitrogens with zero attached hydrogens (tertiary/aromatic N) is 2. The smallest absolute Gasteiger partial charge is 0.236 e. The van der Waals surface area contributed by atoms with Crippen molar-refractivity contribution in [3.8, 4) is 5.88 Å². The highest BCUT2D eigenvalue weighted by atomic mass is 35.5. The summed E-state index contributed by atoms with van der Waals surface area (Å²) >= 11 is 5.96. The van der Waals surface area contributed by atoms with Gasteiger partial charge >= 0.3 is 0 Å². The first-order valence-corrected chi connectivity index (χ1v) is 5.98. The Hall–Kier alpha value is -0.870. The molecule has 0 aliphatic heterocycles. The van der Waals surface area contributed by atoms with Gasteiger partial charge in [0.1, 0.15) is 17.5 Å². The van der Waals surface area contributed by atoms with Gasteiger partial charge < -0.3 is 10.1 Å². The predicted molar refractivity (Wildman–Crippen MR) is 62.8 cm³/mol. The van der Waals surface area contributed by atoms with E-state index in [0.29, 0.717) is 16.9 Å². The third-order valence-electron chi connectivity index (χ3n) is 2.97. The summed E-state index contributed by atoms with van der Waals surface area (Å²) in [5, 5.41) is 3.76. The quantitative estimate of drug-likeness (QED) is 0.880. The van der Waals surface area contributed by atoms with Crippen molar-refractivity contribution >= 4 is 11.6 Å². The van der Waals surface area contributed by atoms with Crippen molar-refractivity contribution in [3.63, 3.8) is 0 Å². The fourth-order valence-electron chi connectivity index (χ4n) is 2.10. The van der Waals surface area contributed by atoms with Crippen LogP contribution in [0.5, 0.6) is 5.88 Å². The summed E-state index contributed by atoms with van der Waals surface area (Å²) in [6.45, 7) is 0. The van der Waals surface area contributed by atoms with Crippen LogP contribution in [0.4, 0.5) is 0 Å². The van der Waals surface area contributed by atoms with Crippen molar-refractivity contribution in [2.24, 2.45) is 0 Å². The van der Waals surface area contributed by atoms with Gasteiger partial charge in [-0.3, -0.25) is 0 Å². The summed E-state index contributed by atoms with van der Waals surface area (Å²) in [7, 11) is 1.97. The summed E-state index contributed by atoms with van der Waals surface area (Å²) in [6.07, 6.45) is 7.81. The van der Waals surface area contributed by atoms with Crippen molar-refractivity contribution in [2.75, 3.05) is 7.05 Å². The van der Waals surface area contributed by atoms with Gasteiger partial charge in [0.25, 0.3) is 0 Å². The number of likely N-dealkylation sites (N-methyl/N-ethyl adjacent to an activating group) is 1. The number of ether oxygens (including phenoxy) is 1. The summed E-state index contributed by atoms with van der Waals surface area (Å²) in [5.41, 5.74) is 0. The topological polar surface area (TPSA) is 47.0 Å². The zero-order valence-corrected chi connectivity index (χ0v) is 10.1. The second-order valence-corrected chi connectivity index (χ2v) is 4.42. The van der Waals surface area contributed by atoms with E-state index in [9.17, 15) is 0 Å². The van der Waals surface area contributed by atoms with Crippen LogP contribution in [-0.4, -0.2) is 29.2 Å². The second kappa shape index (κ2) is 5.46. The summed E-state index contributed by atoms with van der Waals surface area (Å²) < 4.78 is 5.84. The minimum atomic E-state index is 0.158. The first-order chi connectivity index (χ1) is 7.81. The Kier molecular flexibility index (Phi) is 3.96. The maximum Gasteiger partial charge on any atom is 0.236 e. The van der Waals surface area contributed by atoms with E-state index in [-0.39, 0.29) is 6.10 Å². The number of nitrogens with one attached hydrogen (secondary N) is 1. The van der Waals surface area contributed by atoms with Crippen LogP contribution in [0.2, 0.25) is 5.02 Å². The Morgan fingerprint density at radius 3 is 3.00 bits per heavy atom. The number of aromatic nitrogens is 2. The van der Waals surface area contributed by atoms with E-state index in [1.165, 1.54) is 19.2 Å². The SMILES string of the molecule is CNC1CCCCC1Oc1ncncc1Cl. The fraction of sp³-hybridized carbons (Fsp3) is 0.636. The van der Waals surface area contributed by atoms with E-state index >= 15 is 0 Å². The van der Waals surface area contributed by atoms with Crippen molar-refractivity contribution in [1.29, 1.82) is 0 Å². The molecule has 0 aromatic carbocycles. The first kappa shape index (κ1) is 11.6. The molecule has 1 heterocycles. The second-order valence-electron chi connectivity index (χ2n) is 4.01. The average Bonchev–Trinajstić information content (AvgIpc) is 2.33. The molecule has 0 radical (unpaired) electrons. The molecule has 1 aromatic heterocycles. The average molecular weight is 242 g/mol. The molecular formula is C11H16ClN3O. The van der Waals surface area contributed by atoms with E-state index in [2.05, 4.69) is 15.3 Å². The van der Waals surface area contributed by atoms with Crippen LogP contribution < -0.4 is 10.1 Å². The number of rotatable bonds is 3. The molecule has 16 heavy (non-hydrogen) atoms. The van der Waals surface area contributed by atoms with Gasteiger partial charge in [-0.15, -0.1) is 0 Å². The maximum absolute atomic E-state index is 5.96. The van der Waals surface area contributed by atoms with E-state index in [0.717, 1.165) is 12.8 Å². The molecule has 4 nitrogen and oxygen atoms in total. The predicted octanol–water partition coefficient (Wildman–Crippen LogP) is 2.04. The molecule has 0 saturated heterocycles. The zero-order chi connectivity index (χ0) is 11.4. The molecule has 5 heteroatoms.